The normalized spacial score (nSPS) is 15.5. The first-order chi connectivity index (χ1) is 9.90. The molecule has 0 N–H and O–H groups in total. The summed E-state index contributed by atoms with van der Waals surface area (Å²) in [7, 11) is 0. The highest BCUT2D eigenvalue weighted by atomic mass is 79.9. The van der Waals surface area contributed by atoms with Gasteiger partial charge in [0.25, 0.3) is 5.91 Å². The van der Waals surface area contributed by atoms with Crippen molar-refractivity contribution < 1.29 is 9.59 Å². The molecule has 0 bridgehead atoms. The van der Waals surface area contributed by atoms with E-state index in [-0.39, 0.29) is 17.7 Å². The molecule has 21 heavy (non-hydrogen) atoms. The molecule has 0 spiro atoms. The Morgan fingerprint density at radius 2 is 1.67 bits per heavy atom. The van der Waals surface area contributed by atoms with Gasteiger partial charge in [-0.3, -0.25) is 9.59 Å². The van der Waals surface area contributed by atoms with Crippen molar-refractivity contribution in [2.45, 2.75) is 20.8 Å². The van der Waals surface area contributed by atoms with Crippen LogP contribution >= 0.6 is 15.9 Å². The van der Waals surface area contributed by atoms with Crippen molar-refractivity contribution in [2.24, 2.45) is 5.92 Å². The molecule has 114 valence electrons. The predicted octanol–water partition coefficient (Wildman–Crippen LogP) is 2.70. The van der Waals surface area contributed by atoms with Crippen LogP contribution in [-0.2, 0) is 4.79 Å². The lowest BCUT2D eigenvalue weighted by atomic mass is 10.1. The highest BCUT2D eigenvalue weighted by Gasteiger charge is 2.26. The van der Waals surface area contributed by atoms with Crippen LogP contribution in [0, 0.1) is 12.8 Å². The van der Waals surface area contributed by atoms with E-state index in [9.17, 15) is 9.59 Å². The molecule has 2 amide bonds. The second-order valence-electron chi connectivity index (χ2n) is 5.76. The fourth-order valence-corrected chi connectivity index (χ4v) is 2.88. The monoisotopic (exact) mass is 352 g/mol. The maximum absolute atomic E-state index is 12.6. The van der Waals surface area contributed by atoms with Gasteiger partial charge in [-0.05, 0) is 35.0 Å². The van der Waals surface area contributed by atoms with Gasteiger partial charge in [0.2, 0.25) is 5.91 Å². The Morgan fingerprint density at radius 1 is 1.10 bits per heavy atom. The first-order valence-corrected chi connectivity index (χ1v) is 8.03. The third-order valence-corrected chi connectivity index (χ3v) is 4.42. The molecule has 0 radical (unpaired) electrons. The van der Waals surface area contributed by atoms with Crippen molar-refractivity contribution in [1.29, 1.82) is 0 Å². The van der Waals surface area contributed by atoms with Crippen molar-refractivity contribution >= 4 is 27.7 Å². The van der Waals surface area contributed by atoms with Crippen LogP contribution in [0.4, 0.5) is 0 Å². The lowest BCUT2D eigenvalue weighted by molar-refractivity contribution is -0.135. The highest BCUT2D eigenvalue weighted by Crippen LogP contribution is 2.21. The third-order valence-electron chi connectivity index (χ3n) is 3.72. The van der Waals surface area contributed by atoms with Crippen LogP contribution in [0.25, 0.3) is 0 Å². The number of amides is 2. The quantitative estimate of drug-likeness (QED) is 0.820. The van der Waals surface area contributed by atoms with E-state index >= 15 is 0 Å². The van der Waals surface area contributed by atoms with Crippen molar-refractivity contribution in [3.05, 3.63) is 33.8 Å². The number of rotatable bonds is 2. The Morgan fingerprint density at radius 3 is 2.24 bits per heavy atom. The second kappa shape index (κ2) is 6.60. The number of benzene rings is 1. The number of carbonyl (C=O) groups is 2. The zero-order chi connectivity index (χ0) is 15.6. The summed E-state index contributed by atoms with van der Waals surface area (Å²) in [6.07, 6.45) is 0. The van der Waals surface area contributed by atoms with Crippen molar-refractivity contribution in [2.75, 3.05) is 26.2 Å². The van der Waals surface area contributed by atoms with Crippen LogP contribution in [0.5, 0.6) is 0 Å². The van der Waals surface area contributed by atoms with Gasteiger partial charge in [-0.2, -0.15) is 0 Å². The Kier molecular flexibility index (Phi) is 5.04. The molecule has 2 rings (SSSR count). The minimum Gasteiger partial charge on any atom is -0.339 e. The standard InChI is InChI=1S/C16H21BrN2O2/c1-11(2)15(20)18-6-8-19(9-7-18)16(21)13-10-12(3)4-5-14(13)17/h4-5,10-11H,6-9H2,1-3H3. The second-order valence-corrected chi connectivity index (χ2v) is 6.61. The van der Waals surface area contributed by atoms with Gasteiger partial charge in [-0.1, -0.05) is 25.5 Å². The van der Waals surface area contributed by atoms with Crippen LogP contribution < -0.4 is 0 Å². The van der Waals surface area contributed by atoms with Gasteiger partial charge in [0.1, 0.15) is 0 Å². The van der Waals surface area contributed by atoms with Gasteiger partial charge in [0.15, 0.2) is 0 Å². The number of piperazine rings is 1. The average Bonchev–Trinajstić information content (AvgIpc) is 2.48. The predicted molar refractivity (Wildman–Crippen MR) is 86.2 cm³/mol. The number of hydrogen-bond donors (Lipinski definition) is 0. The van der Waals surface area contributed by atoms with Gasteiger partial charge in [0, 0.05) is 36.6 Å². The molecule has 1 aromatic rings. The number of aryl methyl sites for hydroxylation is 1. The van der Waals surface area contributed by atoms with Gasteiger partial charge in [0.05, 0.1) is 5.56 Å². The number of nitrogens with zero attached hydrogens (tertiary/aromatic N) is 2. The Balaban J connectivity index is 2.03. The maximum atomic E-state index is 12.6. The van der Waals surface area contributed by atoms with E-state index < -0.39 is 0 Å². The van der Waals surface area contributed by atoms with Crippen molar-refractivity contribution in [1.82, 2.24) is 9.80 Å². The van der Waals surface area contributed by atoms with Crippen molar-refractivity contribution in [3.63, 3.8) is 0 Å². The average molecular weight is 353 g/mol. The molecule has 0 saturated carbocycles. The van der Waals surface area contributed by atoms with Crippen LogP contribution in [0.3, 0.4) is 0 Å². The van der Waals surface area contributed by atoms with Crippen molar-refractivity contribution in [3.8, 4) is 0 Å². The fourth-order valence-electron chi connectivity index (χ4n) is 2.47. The molecule has 4 nitrogen and oxygen atoms in total. The lowest BCUT2D eigenvalue weighted by Gasteiger charge is -2.35. The summed E-state index contributed by atoms with van der Waals surface area (Å²) >= 11 is 3.44. The molecule has 1 aromatic carbocycles. The SMILES string of the molecule is Cc1ccc(Br)c(C(=O)N2CCN(C(=O)C(C)C)CC2)c1. The van der Waals surface area contributed by atoms with E-state index in [2.05, 4.69) is 15.9 Å². The third kappa shape index (κ3) is 3.64. The van der Waals surface area contributed by atoms with E-state index in [1.54, 1.807) is 0 Å². The van der Waals surface area contributed by atoms with Crippen LogP contribution in [-0.4, -0.2) is 47.8 Å². The van der Waals surface area contributed by atoms with E-state index in [0.717, 1.165) is 10.0 Å². The van der Waals surface area contributed by atoms with Gasteiger partial charge in [-0.15, -0.1) is 0 Å². The number of hydrogen-bond acceptors (Lipinski definition) is 2. The minimum absolute atomic E-state index is 0.0122. The number of halogens is 1. The molecule has 0 aromatic heterocycles. The summed E-state index contributed by atoms with van der Waals surface area (Å²) in [5.74, 6) is 0.208. The molecule has 0 unspecified atom stereocenters. The highest BCUT2D eigenvalue weighted by molar-refractivity contribution is 9.10. The molecule has 1 saturated heterocycles. The molecule has 0 aliphatic carbocycles. The van der Waals surface area contributed by atoms with E-state index in [0.29, 0.717) is 31.7 Å². The first kappa shape index (κ1) is 16.0. The summed E-state index contributed by atoms with van der Waals surface area (Å²) in [4.78, 5) is 28.2. The summed E-state index contributed by atoms with van der Waals surface area (Å²) in [6, 6.07) is 5.78. The molecule has 1 aliphatic heterocycles. The van der Waals surface area contributed by atoms with E-state index in [4.69, 9.17) is 0 Å². The van der Waals surface area contributed by atoms with Gasteiger partial charge >= 0.3 is 0 Å². The largest absolute Gasteiger partial charge is 0.339 e. The summed E-state index contributed by atoms with van der Waals surface area (Å²) in [6.45, 7) is 8.21. The Hall–Kier alpha value is -1.36. The Bertz CT molecular complexity index is 549. The van der Waals surface area contributed by atoms with E-state index in [1.165, 1.54) is 0 Å². The number of carbonyl (C=O) groups excluding carboxylic acids is 2. The topological polar surface area (TPSA) is 40.6 Å². The molecular formula is C16H21BrN2O2. The molecule has 0 atom stereocenters. The molecule has 1 aliphatic rings. The van der Waals surface area contributed by atoms with E-state index in [1.807, 2.05) is 48.8 Å². The molecule has 1 fully saturated rings. The van der Waals surface area contributed by atoms with Crippen LogP contribution in [0.15, 0.2) is 22.7 Å². The molecule has 5 heteroatoms. The fraction of sp³-hybridized carbons (Fsp3) is 0.500. The first-order valence-electron chi connectivity index (χ1n) is 7.24. The molecular weight excluding hydrogens is 332 g/mol. The van der Waals surface area contributed by atoms with Gasteiger partial charge in [-0.25, -0.2) is 0 Å². The summed E-state index contributed by atoms with van der Waals surface area (Å²) in [5.41, 5.74) is 1.76. The molecule has 1 heterocycles. The smallest absolute Gasteiger partial charge is 0.255 e. The zero-order valence-electron chi connectivity index (χ0n) is 12.7. The minimum atomic E-state index is 0.0122. The maximum Gasteiger partial charge on any atom is 0.255 e. The lowest BCUT2D eigenvalue weighted by Crippen LogP contribution is -2.51. The van der Waals surface area contributed by atoms with Crippen LogP contribution in [0.1, 0.15) is 29.8 Å². The van der Waals surface area contributed by atoms with Gasteiger partial charge < -0.3 is 9.80 Å². The van der Waals surface area contributed by atoms with Crippen LogP contribution in [0.2, 0.25) is 0 Å². The zero-order valence-corrected chi connectivity index (χ0v) is 14.3. The summed E-state index contributed by atoms with van der Waals surface area (Å²) < 4.78 is 0.818. The summed E-state index contributed by atoms with van der Waals surface area (Å²) in [5, 5.41) is 0. The Labute approximate surface area is 134 Å².